The van der Waals surface area contributed by atoms with Gasteiger partial charge in [-0.1, -0.05) is 15.9 Å². The fourth-order valence-electron chi connectivity index (χ4n) is 1.95. The molecule has 0 unspecified atom stereocenters. The van der Waals surface area contributed by atoms with Crippen molar-refractivity contribution in [2.24, 2.45) is 0 Å². The van der Waals surface area contributed by atoms with Gasteiger partial charge in [-0.3, -0.25) is 4.79 Å². The van der Waals surface area contributed by atoms with Gasteiger partial charge in [0.2, 0.25) is 6.79 Å². The molecule has 1 aliphatic heterocycles. The van der Waals surface area contributed by atoms with Gasteiger partial charge in [0.1, 0.15) is 5.75 Å². The van der Waals surface area contributed by atoms with Crippen molar-refractivity contribution >= 4 is 33.2 Å². The van der Waals surface area contributed by atoms with E-state index in [-0.39, 0.29) is 18.1 Å². The predicted octanol–water partition coefficient (Wildman–Crippen LogP) is 2.72. The zero-order chi connectivity index (χ0) is 15.0. The Morgan fingerprint density at radius 2 is 1.95 bits per heavy atom. The van der Waals surface area contributed by atoms with Crippen molar-refractivity contribution in [2.75, 3.05) is 17.8 Å². The molecule has 108 valence electrons. The first-order valence-electron chi connectivity index (χ1n) is 6.03. The van der Waals surface area contributed by atoms with Crippen molar-refractivity contribution in [1.29, 1.82) is 0 Å². The summed E-state index contributed by atoms with van der Waals surface area (Å²) in [6, 6.07) is 7.76. The molecular weight excluding hydrogens is 340 g/mol. The Labute approximate surface area is 128 Å². The number of rotatable bonds is 2. The minimum Gasteiger partial charge on any atom is -0.507 e. The van der Waals surface area contributed by atoms with E-state index in [0.29, 0.717) is 27.3 Å². The third kappa shape index (κ3) is 2.59. The minimum absolute atomic E-state index is 0.116. The van der Waals surface area contributed by atoms with Crippen molar-refractivity contribution in [1.82, 2.24) is 0 Å². The van der Waals surface area contributed by atoms with Gasteiger partial charge >= 0.3 is 0 Å². The number of phenolic OH excluding ortho intramolecular Hbond substituents is 1. The molecule has 0 bridgehead atoms. The number of fused-ring (bicyclic) bond motifs is 1. The summed E-state index contributed by atoms with van der Waals surface area (Å²) in [5.74, 6) is 0.461. The Bertz CT molecular complexity index is 733. The Hall–Kier alpha value is -2.41. The van der Waals surface area contributed by atoms with Crippen LogP contribution in [-0.4, -0.2) is 17.8 Å². The highest BCUT2D eigenvalue weighted by Gasteiger charge is 2.18. The summed E-state index contributed by atoms with van der Waals surface area (Å²) >= 11 is 3.25. The molecule has 0 saturated carbocycles. The standard InChI is InChI=1S/C14H11BrN2O4/c15-7-1-2-11(18)8(3-7)14(19)17-10-5-13-12(4-9(10)16)20-6-21-13/h1-5,18H,6,16H2,(H,17,19). The van der Waals surface area contributed by atoms with Crippen LogP contribution in [0.25, 0.3) is 0 Å². The van der Waals surface area contributed by atoms with Gasteiger partial charge in [0.25, 0.3) is 5.91 Å². The number of hydrogen-bond acceptors (Lipinski definition) is 5. The van der Waals surface area contributed by atoms with Crippen molar-refractivity contribution in [3.8, 4) is 17.2 Å². The van der Waals surface area contributed by atoms with Gasteiger partial charge < -0.3 is 25.6 Å². The highest BCUT2D eigenvalue weighted by atomic mass is 79.9. The van der Waals surface area contributed by atoms with E-state index in [0.717, 1.165) is 0 Å². The average Bonchev–Trinajstić information content (AvgIpc) is 2.88. The number of nitrogens with one attached hydrogen (secondary N) is 1. The first-order chi connectivity index (χ1) is 10.0. The maximum Gasteiger partial charge on any atom is 0.259 e. The van der Waals surface area contributed by atoms with Crippen LogP contribution in [0.5, 0.6) is 17.2 Å². The topological polar surface area (TPSA) is 93.8 Å². The third-order valence-corrected chi connectivity index (χ3v) is 3.49. The summed E-state index contributed by atoms with van der Waals surface area (Å²) in [5.41, 5.74) is 6.75. The Kier molecular flexibility index (Phi) is 3.34. The van der Waals surface area contributed by atoms with Gasteiger partial charge in [-0.25, -0.2) is 0 Å². The second-order valence-corrected chi connectivity index (χ2v) is 5.32. The molecule has 0 aliphatic carbocycles. The van der Waals surface area contributed by atoms with Crippen LogP contribution in [0.2, 0.25) is 0 Å². The number of carbonyl (C=O) groups excluding carboxylic acids is 1. The molecule has 2 aromatic carbocycles. The predicted molar refractivity (Wildman–Crippen MR) is 80.7 cm³/mol. The van der Waals surface area contributed by atoms with Gasteiger partial charge in [0.05, 0.1) is 16.9 Å². The lowest BCUT2D eigenvalue weighted by atomic mass is 10.1. The van der Waals surface area contributed by atoms with E-state index in [9.17, 15) is 9.90 Å². The molecule has 4 N–H and O–H groups in total. The molecule has 2 aromatic rings. The molecule has 0 saturated heterocycles. The second kappa shape index (κ2) is 5.17. The summed E-state index contributed by atoms with van der Waals surface area (Å²) < 4.78 is 11.1. The fourth-order valence-corrected chi connectivity index (χ4v) is 2.31. The lowest BCUT2D eigenvalue weighted by molar-refractivity contribution is 0.102. The van der Waals surface area contributed by atoms with E-state index in [1.807, 2.05) is 0 Å². The first kappa shape index (κ1) is 13.6. The van der Waals surface area contributed by atoms with Crippen LogP contribution < -0.4 is 20.5 Å². The number of amides is 1. The number of benzene rings is 2. The van der Waals surface area contributed by atoms with Crippen LogP contribution in [0.15, 0.2) is 34.8 Å². The van der Waals surface area contributed by atoms with E-state index in [2.05, 4.69) is 21.2 Å². The van der Waals surface area contributed by atoms with E-state index in [1.54, 1.807) is 18.2 Å². The number of ether oxygens (including phenoxy) is 2. The largest absolute Gasteiger partial charge is 0.507 e. The minimum atomic E-state index is -0.473. The number of nitrogen functional groups attached to an aromatic ring is 1. The van der Waals surface area contributed by atoms with Crippen molar-refractivity contribution in [2.45, 2.75) is 0 Å². The van der Waals surface area contributed by atoms with E-state index >= 15 is 0 Å². The Morgan fingerprint density at radius 1 is 1.24 bits per heavy atom. The van der Waals surface area contributed by atoms with Gasteiger partial charge in [0.15, 0.2) is 11.5 Å². The molecule has 6 nitrogen and oxygen atoms in total. The number of nitrogens with two attached hydrogens (primary N) is 1. The summed E-state index contributed by atoms with van der Waals surface area (Å²) in [6.45, 7) is 0.124. The van der Waals surface area contributed by atoms with Crippen LogP contribution in [0, 0.1) is 0 Å². The number of hydrogen-bond donors (Lipinski definition) is 3. The Morgan fingerprint density at radius 3 is 2.71 bits per heavy atom. The zero-order valence-corrected chi connectivity index (χ0v) is 12.3. The normalized spacial score (nSPS) is 12.2. The molecule has 0 fully saturated rings. The molecule has 0 radical (unpaired) electrons. The quantitative estimate of drug-likeness (QED) is 0.724. The van der Waals surface area contributed by atoms with Gasteiger partial charge in [0, 0.05) is 16.6 Å². The zero-order valence-electron chi connectivity index (χ0n) is 10.7. The van der Waals surface area contributed by atoms with E-state index in [4.69, 9.17) is 15.2 Å². The number of halogens is 1. The lowest BCUT2D eigenvalue weighted by Gasteiger charge is -2.10. The van der Waals surface area contributed by atoms with Gasteiger partial charge in [-0.2, -0.15) is 0 Å². The third-order valence-electron chi connectivity index (χ3n) is 3.00. The van der Waals surface area contributed by atoms with Crippen LogP contribution in [0.3, 0.4) is 0 Å². The number of phenols is 1. The molecule has 0 atom stereocenters. The van der Waals surface area contributed by atoms with Gasteiger partial charge in [-0.15, -0.1) is 0 Å². The van der Waals surface area contributed by atoms with Crippen LogP contribution in [0.4, 0.5) is 11.4 Å². The summed E-state index contributed by atoms with van der Waals surface area (Å²) in [7, 11) is 0. The van der Waals surface area contributed by atoms with E-state index in [1.165, 1.54) is 12.1 Å². The summed E-state index contributed by atoms with van der Waals surface area (Å²) in [5, 5.41) is 12.4. The molecule has 1 amide bonds. The number of carbonyl (C=O) groups is 1. The SMILES string of the molecule is Nc1cc2c(cc1NC(=O)c1cc(Br)ccc1O)OCO2. The monoisotopic (exact) mass is 350 g/mol. The second-order valence-electron chi connectivity index (χ2n) is 4.41. The lowest BCUT2D eigenvalue weighted by Crippen LogP contribution is -2.13. The molecule has 0 spiro atoms. The Balaban J connectivity index is 1.90. The van der Waals surface area contributed by atoms with Crippen LogP contribution in [-0.2, 0) is 0 Å². The average molecular weight is 351 g/mol. The van der Waals surface area contributed by atoms with Crippen molar-refractivity contribution in [3.05, 3.63) is 40.4 Å². The van der Waals surface area contributed by atoms with Crippen LogP contribution in [0.1, 0.15) is 10.4 Å². The summed E-state index contributed by atoms with van der Waals surface area (Å²) in [6.07, 6.45) is 0. The number of anilines is 2. The molecular formula is C14H11BrN2O4. The van der Waals surface area contributed by atoms with E-state index < -0.39 is 5.91 Å². The smallest absolute Gasteiger partial charge is 0.259 e. The number of aromatic hydroxyl groups is 1. The molecule has 21 heavy (non-hydrogen) atoms. The molecule has 3 rings (SSSR count). The fraction of sp³-hybridized carbons (Fsp3) is 0.0714. The maximum atomic E-state index is 12.2. The van der Waals surface area contributed by atoms with Gasteiger partial charge in [-0.05, 0) is 18.2 Å². The summed E-state index contributed by atoms with van der Waals surface area (Å²) in [4.78, 5) is 12.2. The van der Waals surface area contributed by atoms with Crippen molar-refractivity contribution in [3.63, 3.8) is 0 Å². The highest BCUT2D eigenvalue weighted by molar-refractivity contribution is 9.10. The molecule has 0 aromatic heterocycles. The molecule has 1 heterocycles. The molecule has 7 heteroatoms. The van der Waals surface area contributed by atoms with Crippen molar-refractivity contribution < 1.29 is 19.4 Å². The maximum absolute atomic E-state index is 12.2. The first-order valence-corrected chi connectivity index (χ1v) is 6.83. The highest BCUT2D eigenvalue weighted by Crippen LogP contribution is 2.38. The molecule has 1 aliphatic rings. The van der Waals surface area contributed by atoms with Crippen LogP contribution >= 0.6 is 15.9 Å².